The third-order valence-electron chi connectivity index (χ3n) is 11.8. The first-order valence-corrected chi connectivity index (χ1v) is 18.9. The molecule has 2 aliphatic rings. The monoisotopic (exact) mass is 693 g/mol. The Bertz CT molecular complexity index is 2570. The van der Waals surface area contributed by atoms with Gasteiger partial charge in [-0.1, -0.05) is 178 Å². The van der Waals surface area contributed by atoms with Crippen molar-refractivity contribution in [3.8, 4) is 33.4 Å². The summed E-state index contributed by atoms with van der Waals surface area (Å²) in [6.07, 6.45) is 6.27. The summed E-state index contributed by atoms with van der Waals surface area (Å²) in [5, 5.41) is 0. The van der Waals surface area contributed by atoms with Gasteiger partial charge in [-0.25, -0.2) is 0 Å². The molecule has 0 saturated heterocycles. The molecular formula is C53H43N. The van der Waals surface area contributed by atoms with Gasteiger partial charge in [0.15, 0.2) is 0 Å². The van der Waals surface area contributed by atoms with Gasteiger partial charge in [-0.2, -0.15) is 0 Å². The second kappa shape index (κ2) is 13.2. The molecule has 0 radical (unpaired) electrons. The lowest BCUT2D eigenvalue weighted by Crippen LogP contribution is -2.40. The molecule has 0 amide bonds. The summed E-state index contributed by atoms with van der Waals surface area (Å²) in [6.45, 7) is 11.1. The standard InChI is InChI=1S/C53H43N/c1-5-6-24-46-37(2)53(49-27-16-15-26-48(49)52(46,3)4)47-25-14-13-22-45(47)51-44(23-17-28-50(51)53)40-31-35-43(36-32-40)54(41-20-11-8-12-21-41)42-33-29-39(30-34-42)38-18-9-7-10-19-38/h5-36H,1H2,2-4H3/b24-6-. The Balaban J connectivity index is 1.20. The highest BCUT2D eigenvalue weighted by atomic mass is 15.1. The number of hydrogen-bond donors (Lipinski definition) is 0. The van der Waals surface area contributed by atoms with E-state index in [0.29, 0.717) is 0 Å². The second-order valence-corrected chi connectivity index (χ2v) is 15.0. The van der Waals surface area contributed by atoms with Crippen molar-refractivity contribution in [1.82, 2.24) is 0 Å². The maximum Gasteiger partial charge on any atom is 0.0679 e. The fraction of sp³-hybridized carbons (Fsp3) is 0.0943. The molecule has 1 unspecified atom stereocenters. The Morgan fingerprint density at radius 2 is 0.963 bits per heavy atom. The molecule has 0 bridgehead atoms. The van der Waals surface area contributed by atoms with Gasteiger partial charge in [0, 0.05) is 22.5 Å². The Morgan fingerprint density at radius 3 is 1.63 bits per heavy atom. The van der Waals surface area contributed by atoms with Gasteiger partial charge >= 0.3 is 0 Å². The van der Waals surface area contributed by atoms with Crippen LogP contribution in [0.3, 0.4) is 0 Å². The molecule has 0 saturated carbocycles. The van der Waals surface area contributed by atoms with Crippen LogP contribution in [-0.4, -0.2) is 0 Å². The van der Waals surface area contributed by atoms with Gasteiger partial charge in [-0.15, -0.1) is 0 Å². The molecule has 0 aromatic heterocycles. The molecule has 0 heterocycles. The van der Waals surface area contributed by atoms with E-state index >= 15 is 0 Å². The fourth-order valence-corrected chi connectivity index (χ4v) is 9.38. The van der Waals surface area contributed by atoms with Crippen LogP contribution in [0.25, 0.3) is 33.4 Å². The summed E-state index contributed by atoms with van der Waals surface area (Å²) < 4.78 is 0. The van der Waals surface area contributed by atoms with E-state index in [2.05, 4.69) is 220 Å². The summed E-state index contributed by atoms with van der Waals surface area (Å²) in [6, 6.07) is 64.3. The van der Waals surface area contributed by atoms with Crippen LogP contribution in [0, 0.1) is 0 Å². The predicted octanol–water partition coefficient (Wildman–Crippen LogP) is 14.2. The summed E-state index contributed by atoms with van der Waals surface area (Å²) in [4.78, 5) is 2.34. The van der Waals surface area contributed by atoms with E-state index in [1.54, 1.807) is 0 Å². The number of fused-ring (bicyclic) bond motifs is 7. The van der Waals surface area contributed by atoms with Crippen molar-refractivity contribution in [1.29, 1.82) is 0 Å². The van der Waals surface area contributed by atoms with Crippen LogP contribution >= 0.6 is 0 Å². The minimum Gasteiger partial charge on any atom is -0.311 e. The van der Waals surface area contributed by atoms with Gasteiger partial charge in [0.05, 0.1) is 5.41 Å². The Morgan fingerprint density at radius 1 is 0.463 bits per heavy atom. The predicted molar refractivity (Wildman–Crippen MR) is 229 cm³/mol. The minimum absolute atomic E-state index is 0.164. The molecule has 1 atom stereocenters. The molecule has 0 aliphatic heterocycles. The quantitative estimate of drug-likeness (QED) is 0.150. The van der Waals surface area contributed by atoms with Gasteiger partial charge in [0.25, 0.3) is 0 Å². The maximum atomic E-state index is 4.02. The van der Waals surface area contributed by atoms with Gasteiger partial charge in [-0.05, 0) is 110 Å². The summed E-state index contributed by atoms with van der Waals surface area (Å²) in [7, 11) is 0. The molecule has 1 nitrogen and oxygen atoms in total. The van der Waals surface area contributed by atoms with Gasteiger partial charge in [0.1, 0.15) is 0 Å². The Kier molecular flexibility index (Phi) is 8.17. The second-order valence-electron chi connectivity index (χ2n) is 15.0. The molecule has 7 aromatic rings. The number of anilines is 3. The zero-order valence-electron chi connectivity index (χ0n) is 31.1. The Labute approximate surface area is 319 Å². The zero-order chi connectivity index (χ0) is 36.9. The van der Waals surface area contributed by atoms with E-state index in [1.165, 1.54) is 66.8 Å². The molecule has 1 heteroatoms. The highest BCUT2D eigenvalue weighted by molar-refractivity contribution is 5.96. The number of rotatable bonds is 7. The molecule has 7 aromatic carbocycles. The van der Waals surface area contributed by atoms with Crippen LogP contribution in [0.1, 0.15) is 43.0 Å². The van der Waals surface area contributed by atoms with E-state index < -0.39 is 5.41 Å². The normalized spacial score (nSPS) is 16.6. The first-order chi connectivity index (χ1) is 26.4. The van der Waals surface area contributed by atoms with E-state index in [4.69, 9.17) is 0 Å². The van der Waals surface area contributed by atoms with E-state index in [0.717, 1.165) is 17.1 Å². The first-order valence-electron chi connectivity index (χ1n) is 18.9. The number of hydrogen-bond acceptors (Lipinski definition) is 1. The van der Waals surface area contributed by atoms with E-state index in [9.17, 15) is 0 Å². The Hall–Kier alpha value is -6.44. The fourth-order valence-electron chi connectivity index (χ4n) is 9.38. The van der Waals surface area contributed by atoms with Crippen LogP contribution in [0.5, 0.6) is 0 Å². The van der Waals surface area contributed by atoms with Crippen molar-refractivity contribution in [2.24, 2.45) is 0 Å². The maximum absolute atomic E-state index is 4.02. The van der Waals surface area contributed by atoms with Crippen LogP contribution in [-0.2, 0) is 10.8 Å². The molecule has 0 N–H and O–H groups in total. The highest BCUT2D eigenvalue weighted by Gasteiger charge is 2.53. The summed E-state index contributed by atoms with van der Waals surface area (Å²) >= 11 is 0. The average Bonchev–Trinajstić information content (AvgIpc) is 3.53. The number of para-hydroxylation sites is 1. The van der Waals surface area contributed by atoms with E-state index in [1.807, 2.05) is 6.08 Å². The lowest BCUT2D eigenvalue weighted by atomic mass is 9.55. The van der Waals surface area contributed by atoms with Crippen molar-refractivity contribution >= 4 is 17.1 Å². The highest BCUT2D eigenvalue weighted by Crippen LogP contribution is 2.63. The van der Waals surface area contributed by atoms with Crippen molar-refractivity contribution < 1.29 is 0 Å². The molecule has 0 fully saturated rings. The van der Waals surface area contributed by atoms with Crippen molar-refractivity contribution in [2.45, 2.75) is 31.6 Å². The van der Waals surface area contributed by atoms with E-state index in [-0.39, 0.29) is 5.41 Å². The van der Waals surface area contributed by atoms with Crippen LogP contribution in [0.2, 0.25) is 0 Å². The number of allylic oxidation sites excluding steroid dienone is 5. The molecule has 260 valence electrons. The molecule has 54 heavy (non-hydrogen) atoms. The van der Waals surface area contributed by atoms with Crippen molar-refractivity contribution in [3.05, 3.63) is 234 Å². The third kappa shape index (κ3) is 5.07. The van der Waals surface area contributed by atoms with Gasteiger partial charge in [-0.3, -0.25) is 0 Å². The van der Waals surface area contributed by atoms with Crippen molar-refractivity contribution in [2.75, 3.05) is 4.90 Å². The summed E-state index contributed by atoms with van der Waals surface area (Å²) in [5.41, 5.74) is 18.4. The SMILES string of the molecule is C=C/C=C\C1=C(C)C2(c3ccccc3-c3c(-c4ccc(N(c5ccccc5)c5ccc(-c6ccccc6)cc5)cc4)cccc32)c2ccccc2C1(C)C. The number of benzene rings is 7. The first kappa shape index (κ1) is 33.4. The lowest BCUT2D eigenvalue weighted by Gasteiger charge is -2.46. The zero-order valence-corrected chi connectivity index (χ0v) is 31.1. The molecule has 2 aliphatic carbocycles. The van der Waals surface area contributed by atoms with Crippen LogP contribution < -0.4 is 4.90 Å². The topological polar surface area (TPSA) is 3.24 Å². The average molecular weight is 694 g/mol. The van der Waals surface area contributed by atoms with Crippen LogP contribution in [0.15, 0.2) is 212 Å². The van der Waals surface area contributed by atoms with Gasteiger partial charge in [0.2, 0.25) is 0 Å². The molecule has 9 rings (SSSR count). The molecular weight excluding hydrogens is 651 g/mol. The largest absolute Gasteiger partial charge is 0.311 e. The van der Waals surface area contributed by atoms with Gasteiger partial charge < -0.3 is 4.90 Å². The summed E-state index contributed by atoms with van der Waals surface area (Å²) in [5.74, 6) is 0. The lowest BCUT2D eigenvalue weighted by molar-refractivity contribution is 0.558. The molecule has 1 spiro atoms. The third-order valence-corrected chi connectivity index (χ3v) is 11.8. The smallest absolute Gasteiger partial charge is 0.0679 e. The van der Waals surface area contributed by atoms with Crippen LogP contribution in [0.4, 0.5) is 17.1 Å². The number of nitrogens with zero attached hydrogens (tertiary/aromatic N) is 1. The minimum atomic E-state index is -0.412. The van der Waals surface area contributed by atoms with Crippen molar-refractivity contribution in [3.63, 3.8) is 0 Å².